The van der Waals surface area contributed by atoms with Gasteiger partial charge in [-0.15, -0.1) is 0 Å². The van der Waals surface area contributed by atoms with Crippen LogP contribution >= 0.6 is 0 Å². The second kappa shape index (κ2) is 7.47. The molecule has 7 heteroatoms. The average molecular weight is 291 g/mol. The summed E-state index contributed by atoms with van der Waals surface area (Å²) in [6.45, 7) is 8.46. The van der Waals surface area contributed by atoms with Gasteiger partial charge in [0.2, 0.25) is 5.95 Å². The van der Waals surface area contributed by atoms with Crippen molar-refractivity contribution in [3.8, 4) is 11.5 Å². The largest absolute Gasteiger partial charge is 0.490 e. The molecule has 0 radical (unpaired) electrons. The topological polar surface area (TPSA) is 74.1 Å². The minimum absolute atomic E-state index is 0.602. The molecule has 0 bridgehead atoms. The van der Waals surface area contributed by atoms with Crippen molar-refractivity contribution in [3.63, 3.8) is 0 Å². The standard InChI is InChI=1S/C14H21N5O2/c1-4-19-14(16-17-18-19)15-10-11-7-8-12(20-5-2)13(9-11)21-6-3/h7-9H,4-6,10H2,1-3H3,(H,15,16,18). The summed E-state index contributed by atoms with van der Waals surface area (Å²) < 4.78 is 12.9. The Bertz CT molecular complexity index is 570. The van der Waals surface area contributed by atoms with Crippen molar-refractivity contribution in [1.29, 1.82) is 0 Å². The maximum atomic E-state index is 5.61. The van der Waals surface area contributed by atoms with Gasteiger partial charge in [-0.05, 0) is 48.9 Å². The Kier molecular flexibility index (Phi) is 5.36. The summed E-state index contributed by atoms with van der Waals surface area (Å²) in [5, 5.41) is 14.7. The first kappa shape index (κ1) is 15.1. The van der Waals surface area contributed by atoms with Gasteiger partial charge in [0, 0.05) is 13.1 Å². The van der Waals surface area contributed by atoms with Crippen molar-refractivity contribution in [2.24, 2.45) is 0 Å². The lowest BCUT2D eigenvalue weighted by Gasteiger charge is -2.13. The van der Waals surface area contributed by atoms with Crippen LogP contribution < -0.4 is 14.8 Å². The van der Waals surface area contributed by atoms with E-state index in [2.05, 4.69) is 20.8 Å². The van der Waals surface area contributed by atoms with Gasteiger partial charge in [-0.2, -0.15) is 0 Å². The number of hydrogen-bond donors (Lipinski definition) is 1. The Hall–Kier alpha value is -2.31. The second-order valence-electron chi connectivity index (χ2n) is 4.32. The lowest BCUT2D eigenvalue weighted by atomic mass is 10.2. The first-order valence-electron chi connectivity index (χ1n) is 7.17. The summed E-state index contributed by atoms with van der Waals surface area (Å²) >= 11 is 0. The van der Waals surface area contributed by atoms with Gasteiger partial charge in [0.15, 0.2) is 11.5 Å². The lowest BCUT2D eigenvalue weighted by Crippen LogP contribution is -2.08. The highest BCUT2D eigenvalue weighted by atomic mass is 16.5. The number of nitrogens with one attached hydrogen (secondary N) is 1. The molecule has 1 heterocycles. The van der Waals surface area contributed by atoms with E-state index < -0.39 is 0 Å². The van der Waals surface area contributed by atoms with Gasteiger partial charge in [0.25, 0.3) is 0 Å². The molecule has 114 valence electrons. The summed E-state index contributed by atoms with van der Waals surface area (Å²) in [5.74, 6) is 2.18. The average Bonchev–Trinajstić information content (AvgIpc) is 2.95. The number of rotatable bonds is 8. The summed E-state index contributed by atoms with van der Waals surface area (Å²) in [6, 6.07) is 5.90. The summed E-state index contributed by atoms with van der Waals surface area (Å²) in [4.78, 5) is 0. The molecule has 0 spiro atoms. The van der Waals surface area contributed by atoms with E-state index in [0.29, 0.717) is 25.7 Å². The van der Waals surface area contributed by atoms with Crippen LogP contribution in [0.15, 0.2) is 18.2 Å². The molecule has 0 aliphatic rings. The third kappa shape index (κ3) is 3.84. The molecule has 0 aliphatic carbocycles. The highest BCUT2D eigenvalue weighted by Gasteiger charge is 2.08. The zero-order chi connectivity index (χ0) is 15.1. The third-order valence-electron chi connectivity index (χ3n) is 2.89. The molecule has 2 rings (SSSR count). The van der Waals surface area contributed by atoms with Crippen LogP contribution in [-0.4, -0.2) is 33.4 Å². The predicted molar refractivity (Wildman–Crippen MR) is 79.6 cm³/mol. The predicted octanol–water partition coefficient (Wildman–Crippen LogP) is 2.10. The van der Waals surface area contributed by atoms with Gasteiger partial charge < -0.3 is 14.8 Å². The minimum Gasteiger partial charge on any atom is -0.490 e. The molecule has 0 fully saturated rings. The maximum absolute atomic E-state index is 5.61. The smallest absolute Gasteiger partial charge is 0.243 e. The second-order valence-corrected chi connectivity index (χ2v) is 4.32. The Labute approximate surface area is 124 Å². The number of aryl methyl sites for hydroxylation is 1. The van der Waals surface area contributed by atoms with Crippen LogP contribution in [0.4, 0.5) is 5.95 Å². The molecule has 7 nitrogen and oxygen atoms in total. The summed E-state index contributed by atoms with van der Waals surface area (Å²) in [6.07, 6.45) is 0. The van der Waals surface area contributed by atoms with E-state index in [0.717, 1.165) is 23.6 Å². The SMILES string of the molecule is CCOc1ccc(CNc2nnnn2CC)cc1OCC. The molecule has 21 heavy (non-hydrogen) atoms. The Morgan fingerprint density at radius 3 is 2.57 bits per heavy atom. The molecular formula is C14H21N5O2. The first-order chi connectivity index (χ1) is 10.3. The van der Waals surface area contributed by atoms with Crippen molar-refractivity contribution >= 4 is 5.95 Å². The van der Waals surface area contributed by atoms with Crippen LogP contribution in [0.25, 0.3) is 0 Å². The van der Waals surface area contributed by atoms with Gasteiger partial charge in [-0.25, -0.2) is 4.68 Å². The van der Waals surface area contributed by atoms with Gasteiger partial charge >= 0.3 is 0 Å². The molecule has 2 aromatic rings. The quantitative estimate of drug-likeness (QED) is 0.803. The molecule has 0 amide bonds. The van der Waals surface area contributed by atoms with Crippen LogP contribution in [0.1, 0.15) is 26.3 Å². The molecule has 0 saturated heterocycles. The minimum atomic E-state index is 0.602. The van der Waals surface area contributed by atoms with Gasteiger partial charge in [0.05, 0.1) is 13.2 Å². The van der Waals surface area contributed by atoms with E-state index in [-0.39, 0.29) is 0 Å². The van der Waals surface area contributed by atoms with Crippen molar-refractivity contribution in [3.05, 3.63) is 23.8 Å². The number of ether oxygens (including phenoxy) is 2. The molecule has 1 N–H and O–H groups in total. The van der Waals surface area contributed by atoms with E-state index in [1.54, 1.807) is 4.68 Å². The van der Waals surface area contributed by atoms with Gasteiger partial charge in [-0.1, -0.05) is 11.2 Å². The first-order valence-corrected chi connectivity index (χ1v) is 7.17. The zero-order valence-electron chi connectivity index (χ0n) is 12.7. The van der Waals surface area contributed by atoms with Crippen LogP contribution in [0.2, 0.25) is 0 Å². The number of aromatic nitrogens is 4. The van der Waals surface area contributed by atoms with E-state index in [9.17, 15) is 0 Å². The van der Waals surface area contributed by atoms with Crippen LogP contribution in [0.3, 0.4) is 0 Å². The fourth-order valence-corrected chi connectivity index (χ4v) is 1.93. The Morgan fingerprint density at radius 2 is 1.86 bits per heavy atom. The van der Waals surface area contributed by atoms with Crippen molar-refractivity contribution < 1.29 is 9.47 Å². The normalized spacial score (nSPS) is 10.4. The lowest BCUT2D eigenvalue weighted by molar-refractivity contribution is 0.287. The monoisotopic (exact) mass is 291 g/mol. The van der Waals surface area contributed by atoms with E-state index >= 15 is 0 Å². The van der Waals surface area contributed by atoms with E-state index in [4.69, 9.17) is 9.47 Å². The van der Waals surface area contributed by atoms with Crippen molar-refractivity contribution in [1.82, 2.24) is 20.2 Å². The highest BCUT2D eigenvalue weighted by Crippen LogP contribution is 2.28. The van der Waals surface area contributed by atoms with Crippen LogP contribution in [0.5, 0.6) is 11.5 Å². The zero-order valence-corrected chi connectivity index (χ0v) is 12.7. The molecule has 0 saturated carbocycles. The molecule has 0 aliphatic heterocycles. The van der Waals surface area contributed by atoms with E-state index in [1.807, 2.05) is 39.0 Å². The summed E-state index contributed by atoms with van der Waals surface area (Å²) in [5.41, 5.74) is 1.08. The van der Waals surface area contributed by atoms with Crippen molar-refractivity contribution in [2.45, 2.75) is 33.9 Å². The third-order valence-corrected chi connectivity index (χ3v) is 2.89. The highest BCUT2D eigenvalue weighted by molar-refractivity contribution is 5.44. The number of hydrogen-bond acceptors (Lipinski definition) is 6. The Balaban J connectivity index is 2.07. The van der Waals surface area contributed by atoms with Crippen molar-refractivity contribution in [2.75, 3.05) is 18.5 Å². The summed E-state index contributed by atoms with van der Waals surface area (Å²) in [7, 11) is 0. The van der Waals surface area contributed by atoms with Gasteiger partial charge in [-0.3, -0.25) is 0 Å². The number of nitrogens with zero attached hydrogens (tertiary/aromatic N) is 4. The molecule has 1 aromatic heterocycles. The van der Waals surface area contributed by atoms with Crippen LogP contribution in [-0.2, 0) is 13.1 Å². The van der Waals surface area contributed by atoms with Gasteiger partial charge in [0.1, 0.15) is 0 Å². The molecular weight excluding hydrogens is 270 g/mol. The molecule has 0 unspecified atom stereocenters. The molecule has 1 aromatic carbocycles. The maximum Gasteiger partial charge on any atom is 0.243 e. The van der Waals surface area contributed by atoms with E-state index in [1.165, 1.54) is 0 Å². The Morgan fingerprint density at radius 1 is 1.10 bits per heavy atom. The number of benzene rings is 1. The fourth-order valence-electron chi connectivity index (χ4n) is 1.93. The number of tetrazole rings is 1. The fraction of sp³-hybridized carbons (Fsp3) is 0.500. The number of anilines is 1. The van der Waals surface area contributed by atoms with Crippen LogP contribution in [0, 0.1) is 0 Å². The molecule has 0 atom stereocenters.